The number of benzene rings is 5. The van der Waals surface area contributed by atoms with Gasteiger partial charge in [0.15, 0.2) is 0 Å². The third-order valence-electron chi connectivity index (χ3n) is 6.85. The molecule has 3 N–H and O–H groups in total. The second kappa shape index (κ2) is 16.3. The average Bonchev–Trinajstić information content (AvgIpc) is 3.09. The predicted molar refractivity (Wildman–Crippen MR) is 190 cm³/mol. The highest BCUT2D eigenvalue weighted by atomic mass is 35.5. The summed E-state index contributed by atoms with van der Waals surface area (Å²) in [7, 11) is 0. The predicted octanol–water partition coefficient (Wildman–Crippen LogP) is 8.62. The first-order valence-electron chi connectivity index (χ1n) is 14.9. The number of amides is 3. The summed E-state index contributed by atoms with van der Waals surface area (Å²) >= 11 is 7.37. The molecule has 0 aliphatic rings. The van der Waals surface area contributed by atoms with Crippen LogP contribution >= 0.6 is 23.4 Å². The molecule has 0 aliphatic heterocycles. The zero-order valence-electron chi connectivity index (χ0n) is 25.5. The van der Waals surface area contributed by atoms with Crippen LogP contribution in [0.2, 0.25) is 5.02 Å². The number of halogens is 1. The van der Waals surface area contributed by atoms with Gasteiger partial charge in [-0.3, -0.25) is 14.4 Å². The highest BCUT2D eigenvalue weighted by Gasteiger charge is 2.23. The van der Waals surface area contributed by atoms with E-state index in [2.05, 4.69) is 16.0 Å². The van der Waals surface area contributed by atoms with Gasteiger partial charge in [-0.1, -0.05) is 84.4 Å². The Balaban J connectivity index is 1.39. The van der Waals surface area contributed by atoms with Crippen molar-refractivity contribution in [2.75, 3.05) is 17.2 Å². The molecule has 1 unspecified atom stereocenters. The van der Waals surface area contributed by atoms with Crippen molar-refractivity contribution in [3.05, 3.63) is 161 Å². The van der Waals surface area contributed by atoms with E-state index in [4.69, 9.17) is 16.3 Å². The van der Waals surface area contributed by atoms with E-state index in [0.717, 1.165) is 10.5 Å². The molecule has 5 aromatic carbocycles. The Morgan fingerprint density at radius 1 is 0.766 bits per heavy atom. The van der Waals surface area contributed by atoms with E-state index in [1.54, 1.807) is 78.9 Å². The van der Waals surface area contributed by atoms with E-state index in [1.165, 1.54) is 11.8 Å². The lowest BCUT2D eigenvalue weighted by molar-refractivity contribution is -0.116. The molecule has 0 fully saturated rings. The molecule has 0 heterocycles. The van der Waals surface area contributed by atoms with E-state index in [1.807, 2.05) is 67.6 Å². The van der Waals surface area contributed by atoms with Crippen molar-refractivity contribution in [3.8, 4) is 5.75 Å². The van der Waals surface area contributed by atoms with Crippen LogP contribution in [0.5, 0.6) is 5.75 Å². The monoisotopic (exact) mass is 661 g/mol. The fourth-order valence-electron chi connectivity index (χ4n) is 4.61. The fourth-order valence-corrected chi connectivity index (χ4v) is 5.82. The van der Waals surface area contributed by atoms with Gasteiger partial charge in [0.25, 0.3) is 11.8 Å². The number of hydrogen-bond acceptors (Lipinski definition) is 5. The fraction of sp³-hybridized carbons (Fsp3) is 0.0789. The van der Waals surface area contributed by atoms with Crippen LogP contribution in [0.1, 0.15) is 33.7 Å². The van der Waals surface area contributed by atoms with Crippen LogP contribution in [0.4, 0.5) is 11.4 Å². The summed E-state index contributed by atoms with van der Waals surface area (Å²) in [5.41, 5.74) is 3.02. The van der Waals surface area contributed by atoms with Gasteiger partial charge in [0.2, 0.25) is 5.91 Å². The molecule has 7 nitrogen and oxygen atoms in total. The van der Waals surface area contributed by atoms with Crippen molar-refractivity contribution in [2.45, 2.75) is 17.1 Å². The summed E-state index contributed by atoms with van der Waals surface area (Å²) < 4.78 is 5.75. The number of anilines is 2. The van der Waals surface area contributed by atoms with E-state index in [0.29, 0.717) is 39.9 Å². The SMILES string of the molecule is CCOc1ccccc1/C=C(/NC(=O)c1ccccc1)C(=O)Nc1cccc(SC(C(=O)Nc2ccc(Cl)cc2)c2ccccc2)c1. The van der Waals surface area contributed by atoms with E-state index >= 15 is 0 Å². The summed E-state index contributed by atoms with van der Waals surface area (Å²) in [4.78, 5) is 41.1. The molecule has 47 heavy (non-hydrogen) atoms. The van der Waals surface area contributed by atoms with Crippen LogP contribution in [-0.2, 0) is 9.59 Å². The molecular formula is C38H32ClN3O4S. The van der Waals surface area contributed by atoms with E-state index < -0.39 is 17.1 Å². The zero-order valence-corrected chi connectivity index (χ0v) is 27.1. The topological polar surface area (TPSA) is 96.5 Å². The molecule has 5 aromatic rings. The molecule has 0 aromatic heterocycles. The van der Waals surface area contributed by atoms with Gasteiger partial charge in [0.1, 0.15) is 16.7 Å². The molecule has 0 aliphatic carbocycles. The van der Waals surface area contributed by atoms with Gasteiger partial charge in [-0.25, -0.2) is 0 Å². The van der Waals surface area contributed by atoms with Gasteiger partial charge in [-0.2, -0.15) is 0 Å². The standard InChI is InChI=1S/C38H32ClN3O4S/c1-2-46-34-19-10-9-16-28(34)24-33(42-36(43)27-14-7-4-8-15-27)37(44)41-31-17-11-18-32(25-31)47-35(26-12-5-3-6-13-26)38(45)40-30-22-20-29(39)21-23-30/h3-25,35H,2H2,1H3,(H,40,45)(H,41,44)(H,42,43)/b33-24+. The normalized spacial score (nSPS) is 11.7. The Morgan fingerprint density at radius 3 is 2.17 bits per heavy atom. The maximum Gasteiger partial charge on any atom is 0.272 e. The largest absolute Gasteiger partial charge is 0.493 e. The Labute approximate surface area is 283 Å². The van der Waals surface area contributed by atoms with E-state index in [9.17, 15) is 14.4 Å². The number of ether oxygens (including phenoxy) is 1. The van der Waals surface area contributed by atoms with Gasteiger partial charge in [-0.05, 0) is 79.2 Å². The molecule has 0 spiro atoms. The molecule has 3 amide bonds. The van der Waals surface area contributed by atoms with Gasteiger partial charge in [0, 0.05) is 32.4 Å². The number of thioether (sulfide) groups is 1. The van der Waals surface area contributed by atoms with Crippen LogP contribution in [0.15, 0.2) is 144 Å². The van der Waals surface area contributed by atoms with Crippen molar-refractivity contribution in [1.82, 2.24) is 5.32 Å². The van der Waals surface area contributed by atoms with Crippen LogP contribution < -0.4 is 20.7 Å². The Morgan fingerprint density at radius 2 is 1.45 bits per heavy atom. The molecule has 236 valence electrons. The van der Waals surface area contributed by atoms with Gasteiger partial charge < -0.3 is 20.7 Å². The quantitative estimate of drug-likeness (QED) is 0.0919. The third-order valence-corrected chi connectivity index (χ3v) is 8.35. The van der Waals surface area contributed by atoms with Crippen molar-refractivity contribution in [3.63, 3.8) is 0 Å². The van der Waals surface area contributed by atoms with Crippen LogP contribution in [0.3, 0.4) is 0 Å². The third kappa shape index (κ3) is 9.36. The first-order chi connectivity index (χ1) is 22.9. The summed E-state index contributed by atoms with van der Waals surface area (Å²) in [6.45, 7) is 2.31. The van der Waals surface area contributed by atoms with Crippen LogP contribution in [0, 0.1) is 0 Å². The van der Waals surface area contributed by atoms with Crippen molar-refractivity contribution < 1.29 is 19.1 Å². The van der Waals surface area contributed by atoms with Crippen molar-refractivity contribution >= 4 is 58.5 Å². The summed E-state index contributed by atoms with van der Waals surface area (Å²) in [5.74, 6) is -0.582. The molecule has 0 radical (unpaired) electrons. The lowest BCUT2D eigenvalue weighted by atomic mass is 10.1. The first kappa shape index (κ1) is 33.1. The Kier molecular flexibility index (Phi) is 11.5. The minimum absolute atomic E-state index is 0.0357. The lowest BCUT2D eigenvalue weighted by Gasteiger charge is -2.18. The smallest absolute Gasteiger partial charge is 0.272 e. The van der Waals surface area contributed by atoms with Gasteiger partial charge >= 0.3 is 0 Å². The molecule has 9 heteroatoms. The van der Waals surface area contributed by atoms with Crippen molar-refractivity contribution in [1.29, 1.82) is 0 Å². The average molecular weight is 662 g/mol. The zero-order chi connectivity index (χ0) is 33.0. The summed E-state index contributed by atoms with van der Waals surface area (Å²) in [6, 6.07) is 39.6. The van der Waals surface area contributed by atoms with Gasteiger partial charge in [0.05, 0.1) is 6.61 Å². The second-order valence-corrected chi connectivity index (χ2v) is 11.9. The maximum atomic E-state index is 13.7. The highest BCUT2D eigenvalue weighted by Crippen LogP contribution is 2.37. The molecule has 0 bridgehead atoms. The molecule has 0 saturated carbocycles. The van der Waals surface area contributed by atoms with Crippen molar-refractivity contribution in [2.24, 2.45) is 0 Å². The molecule has 5 rings (SSSR count). The first-order valence-corrected chi connectivity index (χ1v) is 16.1. The van der Waals surface area contributed by atoms with Gasteiger partial charge in [-0.15, -0.1) is 11.8 Å². The molecule has 0 saturated heterocycles. The summed E-state index contributed by atoms with van der Waals surface area (Å²) in [6.07, 6.45) is 1.59. The number of nitrogens with one attached hydrogen (secondary N) is 3. The molecular weight excluding hydrogens is 630 g/mol. The number of para-hydroxylation sites is 1. The van der Waals surface area contributed by atoms with E-state index in [-0.39, 0.29) is 11.6 Å². The highest BCUT2D eigenvalue weighted by molar-refractivity contribution is 8.00. The lowest BCUT2D eigenvalue weighted by Crippen LogP contribution is -2.30. The number of hydrogen-bond donors (Lipinski definition) is 3. The maximum absolute atomic E-state index is 13.7. The minimum atomic E-state index is -0.589. The second-order valence-electron chi connectivity index (χ2n) is 10.2. The minimum Gasteiger partial charge on any atom is -0.493 e. The van der Waals surface area contributed by atoms with Crippen LogP contribution in [0.25, 0.3) is 6.08 Å². The number of carbonyl (C=O) groups is 3. The summed E-state index contributed by atoms with van der Waals surface area (Å²) in [5, 5.41) is 8.64. The van der Waals surface area contributed by atoms with Crippen LogP contribution in [-0.4, -0.2) is 24.3 Å². The number of rotatable bonds is 12. The molecule has 1 atom stereocenters. The Hall–Kier alpha value is -5.31. The Bertz CT molecular complexity index is 1870. The number of carbonyl (C=O) groups excluding carboxylic acids is 3.